The van der Waals surface area contributed by atoms with Crippen LogP contribution in [0.3, 0.4) is 0 Å². The lowest BCUT2D eigenvalue weighted by Crippen LogP contribution is -1.91. The first-order valence-corrected chi connectivity index (χ1v) is 6.30. The van der Waals surface area contributed by atoms with Crippen molar-refractivity contribution in [1.29, 1.82) is 0 Å². The van der Waals surface area contributed by atoms with Crippen LogP contribution in [0.2, 0.25) is 0 Å². The smallest absolute Gasteiger partial charge is 0.150 e. The summed E-state index contributed by atoms with van der Waals surface area (Å²) in [5, 5.41) is 2.13. The van der Waals surface area contributed by atoms with Gasteiger partial charge in [0.25, 0.3) is 0 Å². The van der Waals surface area contributed by atoms with Crippen molar-refractivity contribution in [3.8, 4) is 16.9 Å². The van der Waals surface area contributed by atoms with Crippen LogP contribution in [0.1, 0.15) is 10.4 Å². The van der Waals surface area contributed by atoms with E-state index in [4.69, 9.17) is 4.74 Å². The van der Waals surface area contributed by atoms with Gasteiger partial charge in [-0.05, 0) is 40.8 Å². The highest BCUT2D eigenvalue weighted by Crippen LogP contribution is 2.31. The summed E-state index contributed by atoms with van der Waals surface area (Å²) in [6, 6.07) is 13.5. The summed E-state index contributed by atoms with van der Waals surface area (Å²) in [6.07, 6.45) is 4.44. The third kappa shape index (κ3) is 2.03. The predicted octanol–water partition coefficient (Wildman–Crippen LogP) is 3.72. The highest BCUT2D eigenvalue weighted by molar-refractivity contribution is 6.00. The minimum absolute atomic E-state index is 0.612. The molecule has 98 valence electrons. The molecular formula is C17H13NO2. The van der Waals surface area contributed by atoms with Crippen LogP contribution in [-0.4, -0.2) is 18.4 Å². The van der Waals surface area contributed by atoms with E-state index in [0.29, 0.717) is 11.3 Å². The molecule has 0 aliphatic carbocycles. The fourth-order valence-electron chi connectivity index (χ4n) is 2.36. The van der Waals surface area contributed by atoms with E-state index in [0.717, 1.165) is 28.2 Å². The van der Waals surface area contributed by atoms with Gasteiger partial charge in [0.1, 0.15) is 5.75 Å². The number of aromatic nitrogens is 1. The van der Waals surface area contributed by atoms with E-state index in [9.17, 15) is 4.79 Å². The Morgan fingerprint density at radius 1 is 1.10 bits per heavy atom. The summed E-state index contributed by atoms with van der Waals surface area (Å²) in [7, 11) is 1.59. The molecule has 0 bridgehead atoms. The van der Waals surface area contributed by atoms with Crippen LogP contribution in [0.25, 0.3) is 21.9 Å². The molecule has 3 heteroatoms. The Labute approximate surface area is 116 Å². The van der Waals surface area contributed by atoms with Crippen molar-refractivity contribution >= 4 is 17.1 Å². The molecule has 0 saturated heterocycles. The first-order valence-electron chi connectivity index (χ1n) is 6.30. The first-order chi connectivity index (χ1) is 9.83. The number of ether oxygens (including phenoxy) is 1. The molecule has 20 heavy (non-hydrogen) atoms. The number of aldehydes is 1. The molecule has 3 aromatic rings. The Morgan fingerprint density at radius 3 is 2.80 bits per heavy atom. The van der Waals surface area contributed by atoms with Gasteiger partial charge in [-0.15, -0.1) is 0 Å². The fraction of sp³-hybridized carbons (Fsp3) is 0.0588. The fourth-order valence-corrected chi connectivity index (χ4v) is 2.36. The van der Waals surface area contributed by atoms with Crippen LogP contribution in [0.15, 0.2) is 54.9 Å². The maximum absolute atomic E-state index is 11.3. The molecule has 0 amide bonds. The summed E-state index contributed by atoms with van der Waals surface area (Å²) in [6.45, 7) is 0. The number of benzene rings is 2. The molecule has 0 aliphatic rings. The van der Waals surface area contributed by atoms with E-state index in [-0.39, 0.29) is 0 Å². The van der Waals surface area contributed by atoms with E-state index >= 15 is 0 Å². The van der Waals surface area contributed by atoms with Crippen LogP contribution >= 0.6 is 0 Å². The lowest BCUT2D eigenvalue weighted by molar-refractivity contribution is 0.112. The molecule has 0 radical (unpaired) electrons. The molecule has 0 atom stereocenters. The topological polar surface area (TPSA) is 39.2 Å². The van der Waals surface area contributed by atoms with Gasteiger partial charge >= 0.3 is 0 Å². The molecular weight excluding hydrogens is 250 g/mol. The zero-order valence-electron chi connectivity index (χ0n) is 11.0. The van der Waals surface area contributed by atoms with E-state index in [1.807, 2.05) is 42.6 Å². The standard InChI is InChI=1S/C17H13NO2/c1-20-14-5-6-15(13(9-14)11-19)16-4-2-3-12-7-8-18-10-17(12)16/h2-11H,1H3. The molecule has 0 aliphatic heterocycles. The van der Waals surface area contributed by atoms with Gasteiger partial charge in [-0.3, -0.25) is 9.78 Å². The number of rotatable bonds is 3. The number of fused-ring (bicyclic) bond motifs is 1. The highest BCUT2D eigenvalue weighted by Gasteiger charge is 2.09. The SMILES string of the molecule is COc1ccc(-c2cccc3ccncc23)c(C=O)c1. The Hall–Kier alpha value is -2.68. The average Bonchev–Trinajstić information content (AvgIpc) is 2.53. The number of carbonyl (C=O) groups is 1. The van der Waals surface area contributed by atoms with Crippen LogP contribution in [0, 0.1) is 0 Å². The third-order valence-electron chi connectivity index (χ3n) is 3.36. The highest BCUT2D eigenvalue weighted by atomic mass is 16.5. The second kappa shape index (κ2) is 5.13. The maximum Gasteiger partial charge on any atom is 0.150 e. The van der Waals surface area contributed by atoms with Gasteiger partial charge in [0.15, 0.2) is 6.29 Å². The summed E-state index contributed by atoms with van der Waals surface area (Å²) in [4.78, 5) is 15.5. The minimum atomic E-state index is 0.612. The van der Waals surface area contributed by atoms with E-state index in [1.54, 1.807) is 19.4 Å². The second-order valence-electron chi connectivity index (χ2n) is 4.47. The number of hydrogen-bond donors (Lipinski definition) is 0. The molecule has 0 saturated carbocycles. The summed E-state index contributed by atoms with van der Waals surface area (Å²) >= 11 is 0. The van der Waals surface area contributed by atoms with Crippen LogP contribution < -0.4 is 4.74 Å². The molecule has 2 aromatic carbocycles. The van der Waals surface area contributed by atoms with Crippen LogP contribution in [0.5, 0.6) is 5.75 Å². The lowest BCUT2D eigenvalue weighted by atomic mass is 9.96. The zero-order valence-corrected chi connectivity index (χ0v) is 11.0. The Morgan fingerprint density at radius 2 is 2.00 bits per heavy atom. The molecule has 3 rings (SSSR count). The van der Waals surface area contributed by atoms with Crippen LogP contribution in [0.4, 0.5) is 0 Å². The van der Waals surface area contributed by atoms with Crippen molar-refractivity contribution < 1.29 is 9.53 Å². The molecule has 0 unspecified atom stereocenters. The zero-order chi connectivity index (χ0) is 13.9. The van der Waals surface area contributed by atoms with E-state index in [2.05, 4.69) is 4.98 Å². The summed E-state index contributed by atoms with van der Waals surface area (Å²) < 4.78 is 5.16. The lowest BCUT2D eigenvalue weighted by Gasteiger charge is -2.10. The number of nitrogens with zero attached hydrogens (tertiary/aromatic N) is 1. The second-order valence-corrected chi connectivity index (χ2v) is 4.47. The number of pyridine rings is 1. The molecule has 1 aromatic heterocycles. The normalized spacial score (nSPS) is 10.4. The molecule has 0 spiro atoms. The maximum atomic E-state index is 11.3. The average molecular weight is 263 g/mol. The molecule has 3 nitrogen and oxygen atoms in total. The number of methoxy groups -OCH3 is 1. The van der Waals surface area contributed by atoms with Crippen molar-refractivity contribution in [1.82, 2.24) is 4.98 Å². The van der Waals surface area contributed by atoms with Gasteiger partial charge < -0.3 is 4.74 Å². The number of hydrogen-bond acceptors (Lipinski definition) is 3. The summed E-state index contributed by atoms with van der Waals surface area (Å²) in [5.41, 5.74) is 2.50. The number of carbonyl (C=O) groups excluding carboxylic acids is 1. The first kappa shape index (κ1) is 12.4. The molecule has 1 heterocycles. The van der Waals surface area contributed by atoms with Crippen molar-refractivity contribution in [2.45, 2.75) is 0 Å². The van der Waals surface area contributed by atoms with Crippen molar-refractivity contribution in [3.63, 3.8) is 0 Å². The third-order valence-corrected chi connectivity index (χ3v) is 3.36. The van der Waals surface area contributed by atoms with Gasteiger partial charge in [0, 0.05) is 23.3 Å². The Balaban J connectivity index is 2.28. The Kier molecular flexibility index (Phi) is 3.17. The van der Waals surface area contributed by atoms with Gasteiger partial charge in [-0.2, -0.15) is 0 Å². The van der Waals surface area contributed by atoms with Gasteiger partial charge in [0.05, 0.1) is 7.11 Å². The van der Waals surface area contributed by atoms with Crippen molar-refractivity contribution in [3.05, 3.63) is 60.4 Å². The van der Waals surface area contributed by atoms with Gasteiger partial charge in [-0.25, -0.2) is 0 Å². The van der Waals surface area contributed by atoms with Crippen LogP contribution in [-0.2, 0) is 0 Å². The quantitative estimate of drug-likeness (QED) is 0.676. The van der Waals surface area contributed by atoms with E-state index < -0.39 is 0 Å². The molecule has 0 fully saturated rings. The predicted molar refractivity (Wildman–Crippen MR) is 79.1 cm³/mol. The van der Waals surface area contributed by atoms with E-state index in [1.165, 1.54) is 0 Å². The summed E-state index contributed by atoms with van der Waals surface area (Å²) in [5.74, 6) is 0.675. The van der Waals surface area contributed by atoms with Gasteiger partial charge in [-0.1, -0.05) is 18.2 Å². The largest absolute Gasteiger partial charge is 0.497 e. The van der Waals surface area contributed by atoms with Gasteiger partial charge in [0.2, 0.25) is 0 Å². The molecule has 0 N–H and O–H groups in total. The monoisotopic (exact) mass is 263 g/mol. The Bertz CT molecular complexity index is 776. The van der Waals surface area contributed by atoms with Crippen molar-refractivity contribution in [2.75, 3.05) is 7.11 Å². The minimum Gasteiger partial charge on any atom is -0.497 e. The van der Waals surface area contributed by atoms with Crippen molar-refractivity contribution in [2.24, 2.45) is 0 Å².